The maximum atomic E-state index is 10.0. The SMILES string of the molecule is [N-]=[N+]=NCc1cc(CN2CC(O)[C@@H](O)C(O)[C@H]2CO)cc(N=[N+]=[N-])c1. The molecule has 134 valence electrons. The molecule has 11 nitrogen and oxygen atoms in total. The zero-order valence-electron chi connectivity index (χ0n) is 13.3. The van der Waals surface area contributed by atoms with Crippen LogP contribution < -0.4 is 0 Å². The third-order valence-corrected chi connectivity index (χ3v) is 4.12. The average molecular weight is 349 g/mol. The van der Waals surface area contributed by atoms with Crippen LogP contribution in [0.15, 0.2) is 28.4 Å². The lowest BCUT2D eigenvalue weighted by atomic mass is 9.93. The maximum absolute atomic E-state index is 10.0. The monoisotopic (exact) mass is 349 g/mol. The molecule has 1 fully saturated rings. The van der Waals surface area contributed by atoms with Crippen LogP contribution in [-0.2, 0) is 13.1 Å². The molecule has 0 amide bonds. The zero-order valence-corrected chi connectivity index (χ0v) is 13.3. The molecule has 0 aliphatic carbocycles. The van der Waals surface area contributed by atoms with Gasteiger partial charge in [0.1, 0.15) is 12.2 Å². The Balaban J connectivity index is 2.29. The van der Waals surface area contributed by atoms with E-state index in [-0.39, 0.29) is 19.6 Å². The summed E-state index contributed by atoms with van der Waals surface area (Å²) in [5, 5.41) is 46.2. The number of hydrogen-bond acceptors (Lipinski definition) is 7. The standard InChI is InChI=1S/C14H19N7O4/c15-19-17-4-8-1-9(3-10(2-8)18-20-16)5-21-6-12(23)14(25)13(24)11(21)7-22/h1-3,11-14,22-25H,4-7H2/t11-,12?,13?,14-/m1/s1. The predicted octanol–water partition coefficient (Wildman–Crippen LogP) is 0.698. The Labute approximate surface area is 143 Å². The Hall–Kier alpha value is -2.36. The van der Waals surface area contributed by atoms with Gasteiger partial charge < -0.3 is 20.4 Å². The molecule has 1 saturated heterocycles. The minimum Gasteiger partial charge on any atom is -0.395 e. The van der Waals surface area contributed by atoms with Crippen LogP contribution in [0.1, 0.15) is 11.1 Å². The lowest BCUT2D eigenvalue weighted by Crippen LogP contribution is -2.62. The van der Waals surface area contributed by atoms with Gasteiger partial charge in [-0.15, -0.1) is 0 Å². The highest BCUT2D eigenvalue weighted by Gasteiger charge is 2.40. The highest BCUT2D eigenvalue weighted by molar-refractivity contribution is 5.44. The Morgan fingerprint density at radius 1 is 1.08 bits per heavy atom. The van der Waals surface area contributed by atoms with Gasteiger partial charge >= 0.3 is 0 Å². The van der Waals surface area contributed by atoms with Crippen LogP contribution in [0.25, 0.3) is 20.9 Å². The van der Waals surface area contributed by atoms with Crippen molar-refractivity contribution in [1.82, 2.24) is 4.90 Å². The minimum atomic E-state index is -1.33. The molecule has 1 aromatic carbocycles. The molecular weight excluding hydrogens is 330 g/mol. The summed E-state index contributed by atoms with van der Waals surface area (Å²) in [7, 11) is 0. The van der Waals surface area contributed by atoms with Gasteiger partial charge in [-0.3, -0.25) is 4.90 Å². The van der Waals surface area contributed by atoms with Crippen molar-refractivity contribution in [3.05, 3.63) is 50.2 Å². The molecule has 2 unspecified atom stereocenters. The number of benzene rings is 1. The van der Waals surface area contributed by atoms with E-state index in [1.807, 2.05) is 0 Å². The summed E-state index contributed by atoms with van der Waals surface area (Å²) in [6, 6.07) is 4.20. The number of piperidine rings is 1. The Kier molecular flexibility index (Phi) is 6.57. The van der Waals surface area contributed by atoms with Crippen LogP contribution in [0.2, 0.25) is 0 Å². The van der Waals surface area contributed by atoms with Crippen molar-refractivity contribution < 1.29 is 20.4 Å². The van der Waals surface area contributed by atoms with E-state index in [0.717, 1.165) is 0 Å². The third-order valence-electron chi connectivity index (χ3n) is 4.12. The zero-order chi connectivity index (χ0) is 18.4. The summed E-state index contributed by atoms with van der Waals surface area (Å²) in [6.45, 7) is -0.0384. The van der Waals surface area contributed by atoms with Crippen LogP contribution in [0, 0.1) is 0 Å². The number of hydrogen-bond donors (Lipinski definition) is 4. The number of azide groups is 2. The molecule has 25 heavy (non-hydrogen) atoms. The molecule has 0 radical (unpaired) electrons. The summed E-state index contributed by atoms with van der Waals surface area (Å²) >= 11 is 0. The first kappa shape index (κ1) is 19.0. The van der Waals surface area contributed by atoms with Crippen molar-refractivity contribution >= 4 is 5.69 Å². The van der Waals surface area contributed by atoms with Crippen molar-refractivity contribution in [1.29, 1.82) is 0 Å². The van der Waals surface area contributed by atoms with Gasteiger partial charge in [-0.1, -0.05) is 16.3 Å². The summed E-state index contributed by atoms with van der Waals surface area (Å²) in [5.41, 5.74) is 18.7. The van der Waals surface area contributed by atoms with Crippen LogP contribution in [-0.4, -0.2) is 62.8 Å². The van der Waals surface area contributed by atoms with E-state index in [9.17, 15) is 20.4 Å². The Morgan fingerprint density at radius 3 is 2.44 bits per heavy atom. The molecule has 1 aromatic rings. The van der Waals surface area contributed by atoms with Crippen molar-refractivity contribution in [2.75, 3.05) is 13.2 Å². The smallest absolute Gasteiger partial charge is 0.109 e. The van der Waals surface area contributed by atoms with E-state index < -0.39 is 31.0 Å². The summed E-state index contributed by atoms with van der Waals surface area (Å²) in [6.07, 6.45) is -3.78. The topological polar surface area (TPSA) is 182 Å². The summed E-state index contributed by atoms with van der Waals surface area (Å²) in [5.74, 6) is 0. The Morgan fingerprint density at radius 2 is 1.80 bits per heavy atom. The molecule has 0 aromatic heterocycles. The number of likely N-dealkylation sites (tertiary alicyclic amines) is 1. The highest BCUT2D eigenvalue weighted by atomic mass is 16.4. The van der Waals surface area contributed by atoms with Crippen molar-refractivity contribution in [2.45, 2.75) is 37.4 Å². The van der Waals surface area contributed by atoms with Crippen molar-refractivity contribution in [2.24, 2.45) is 10.2 Å². The minimum absolute atomic E-state index is 0.0564. The van der Waals surface area contributed by atoms with Gasteiger partial charge in [-0.2, -0.15) is 0 Å². The molecule has 0 saturated carbocycles. The molecular formula is C14H19N7O4. The van der Waals surface area contributed by atoms with E-state index in [4.69, 9.17) is 11.1 Å². The fraction of sp³-hybridized carbons (Fsp3) is 0.571. The van der Waals surface area contributed by atoms with E-state index in [1.54, 1.807) is 23.1 Å². The fourth-order valence-electron chi connectivity index (χ4n) is 2.94. The Bertz CT molecular complexity index is 702. The van der Waals surface area contributed by atoms with Crippen LogP contribution in [0.3, 0.4) is 0 Å². The van der Waals surface area contributed by atoms with E-state index in [1.165, 1.54) is 0 Å². The van der Waals surface area contributed by atoms with Gasteiger partial charge in [0, 0.05) is 28.6 Å². The first-order valence-corrected chi connectivity index (χ1v) is 7.58. The van der Waals surface area contributed by atoms with E-state index >= 15 is 0 Å². The molecule has 0 spiro atoms. The van der Waals surface area contributed by atoms with Gasteiger partial charge in [-0.05, 0) is 34.3 Å². The number of rotatable bonds is 6. The lowest BCUT2D eigenvalue weighted by Gasteiger charge is -2.43. The van der Waals surface area contributed by atoms with Gasteiger partial charge in [0.25, 0.3) is 0 Å². The van der Waals surface area contributed by atoms with Crippen LogP contribution in [0.4, 0.5) is 5.69 Å². The molecule has 1 heterocycles. The predicted molar refractivity (Wildman–Crippen MR) is 87.4 cm³/mol. The molecule has 2 rings (SSSR count). The molecule has 11 heteroatoms. The largest absolute Gasteiger partial charge is 0.395 e. The first-order valence-electron chi connectivity index (χ1n) is 7.58. The van der Waals surface area contributed by atoms with Gasteiger partial charge in [-0.25, -0.2) is 0 Å². The van der Waals surface area contributed by atoms with Gasteiger partial charge in [0.15, 0.2) is 0 Å². The number of β-amino-alcohol motifs (C(OH)–C–C–N with tert-alkyl or cyclic N) is 1. The molecule has 1 aliphatic heterocycles. The van der Waals surface area contributed by atoms with E-state index in [2.05, 4.69) is 20.1 Å². The second-order valence-electron chi connectivity index (χ2n) is 5.81. The number of aliphatic hydroxyl groups is 4. The molecule has 1 aliphatic rings. The second-order valence-corrected chi connectivity index (χ2v) is 5.81. The quantitative estimate of drug-likeness (QED) is 0.334. The molecule has 4 atom stereocenters. The second kappa shape index (κ2) is 8.65. The number of aliphatic hydroxyl groups excluding tert-OH is 4. The van der Waals surface area contributed by atoms with Crippen molar-refractivity contribution in [3.8, 4) is 0 Å². The van der Waals surface area contributed by atoms with Crippen LogP contribution in [0.5, 0.6) is 0 Å². The van der Waals surface area contributed by atoms with Gasteiger partial charge in [0.2, 0.25) is 0 Å². The van der Waals surface area contributed by atoms with Crippen LogP contribution >= 0.6 is 0 Å². The van der Waals surface area contributed by atoms with Gasteiger partial charge in [0.05, 0.1) is 25.3 Å². The van der Waals surface area contributed by atoms with Crippen molar-refractivity contribution in [3.63, 3.8) is 0 Å². The molecule has 0 bridgehead atoms. The first-order chi connectivity index (χ1) is 12.0. The summed E-state index contributed by atoms with van der Waals surface area (Å²) < 4.78 is 0. The lowest BCUT2D eigenvalue weighted by molar-refractivity contribution is -0.147. The third kappa shape index (κ3) is 4.59. The normalized spacial score (nSPS) is 26.6. The average Bonchev–Trinajstić information content (AvgIpc) is 2.58. The summed E-state index contributed by atoms with van der Waals surface area (Å²) in [4.78, 5) is 7.06. The molecule has 4 N–H and O–H groups in total. The maximum Gasteiger partial charge on any atom is 0.109 e. The number of nitrogens with zero attached hydrogens (tertiary/aromatic N) is 7. The van der Waals surface area contributed by atoms with E-state index in [0.29, 0.717) is 16.8 Å². The highest BCUT2D eigenvalue weighted by Crippen LogP contribution is 2.24. The fourth-order valence-corrected chi connectivity index (χ4v) is 2.94.